The van der Waals surface area contributed by atoms with Gasteiger partial charge in [-0.1, -0.05) is 0 Å². The molecule has 0 radical (unpaired) electrons. The van der Waals surface area contributed by atoms with Crippen LogP contribution in [-0.4, -0.2) is 34.3 Å². The van der Waals surface area contributed by atoms with Crippen molar-refractivity contribution >= 4 is 5.97 Å². The SMILES string of the molecule is CCOCCc1ncc(C(=O)O)c(C2CC2)n1. The Morgan fingerprint density at radius 2 is 2.35 bits per heavy atom. The highest BCUT2D eigenvalue weighted by atomic mass is 16.5. The van der Waals surface area contributed by atoms with Gasteiger partial charge in [0, 0.05) is 25.1 Å². The molecule has 0 bridgehead atoms. The maximum absolute atomic E-state index is 11.0. The van der Waals surface area contributed by atoms with Crippen molar-refractivity contribution in [2.75, 3.05) is 13.2 Å². The molecule has 0 spiro atoms. The minimum absolute atomic E-state index is 0.243. The molecule has 1 aliphatic carbocycles. The van der Waals surface area contributed by atoms with Crippen LogP contribution in [0, 0.1) is 0 Å². The molecule has 0 saturated heterocycles. The Balaban J connectivity index is 2.14. The van der Waals surface area contributed by atoms with Crippen LogP contribution in [0.4, 0.5) is 0 Å². The molecule has 0 aromatic carbocycles. The lowest BCUT2D eigenvalue weighted by molar-refractivity contribution is 0.0694. The second-order valence-corrected chi connectivity index (χ2v) is 4.11. The van der Waals surface area contributed by atoms with E-state index in [-0.39, 0.29) is 5.56 Å². The summed E-state index contributed by atoms with van der Waals surface area (Å²) < 4.78 is 5.23. The fraction of sp³-hybridized carbons (Fsp3) is 0.583. The third kappa shape index (κ3) is 3.00. The molecule has 17 heavy (non-hydrogen) atoms. The van der Waals surface area contributed by atoms with Crippen LogP contribution in [0.3, 0.4) is 0 Å². The zero-order chi connectivity index (χ0) is 12.3. The highest BCUT2D eigenvalue weighted by Gasteiger charge is 2.30. The summed E-state index contributed by atoms with van der Waals surface area (Å²) >= 11 is 0. The van der Waals surface area contributed by atoms with Crippen LogP contribution in [0.2, 0.25) is 0 Å². The van der Waals surface area contributed by atoms with Crippen LogP contribution >= 0.6 is 0 Å². The van der Waals surface area contributed by atoms with Crippen molar-refractivity contribution < 1.29 is 14.6 Å². The summed E-state index contributed by atoms with van der Waals surface area (Å²) in [5.74, 6) is 0.0450. The van der Waals surface area contributed by atoms with Gasteiger partial charge in [0.15, 0.2) is 0 Å². The first-order valence-corrected chi connectivity index (χ1v) is 5.89. The van der Waals surface area contributed by atoms with Gasteiger partial charge in [-0.05, 0) is 19.8 Å². The van der Waals surface area contributed by atoms with E-state index in [2.05, 4.69) is 9.97 Å². The van der Waals surface area contributed by atoms with Crippen molar-refractivity contribution in [1.29, 1.82) is 0 Å². The number of aromatic carboxylic acids is 1. The fourth-order valence-corrected chi connectivity index (χ4v) is 1.69. The predicted octanol–water partition coefficient (Wildman–Crippen LogP) is 1.63. The summed E-state index contributed by atoms with van der Waals surface area (Å²) in [7, 11) is 0. The van der Waals surface area contributed by atoms with Gasteiger partial charge in [0.25, 0.3) is 0 Å². The molecule has 1 aromatic heterocycles. The minimum Gasteiger partial charge on any atom is -0.478 e. The number of carbonyl (C=O) groups is 1. The van der Waals surface area contributed by atoms with Gasteiger partial charge < -0.3 is 9.84 Å². The van der Waals surface area contributed by atoms with Crippen LogP contribution in [0.1, 0.15) is 47.6 Å². The Bertz CT molecular complexity index is 416. The van der Waals surface area contributed by atoms with Crippen molar-refractivity contribution in [3.05, 3.63) is 23.3 Å². The van der Waals surface area contributed by atoms with Gasteiger partial charge in [-0.25, -0.2) is 14.8 Å². The van der Waals surface area contributed by atoms with Crippen LogP contribution in [0.15, 0.2) is 6.20 Å². The van der Waals surface area contributed by atoms with Gasteiger partial charge in [-0.3, -0.25) is 0 Å². The van der Waals surface area contributed by atoms with E-state index in [0.29, 0.717) is 37.1 Å². The highest BCUT2D eigenvalue weighted by molar-refractivity contribution is 5.88. The summed E-state index contributed by atoms with van der Waals surface area (Å²) in [5.41, 5.74) is 0.937. The molecule has 5 nitrogen and oxygen atoms in total. The van der Waals surface area contributed by atoms with E-state index in [9.17, 15) is 4.79 Å². The first-order valence-electron chi connectivity index (χ1n) is 5.89. The molecule has 1 saturated carbocycles. The van der Waals surface area contributed by atoms with Crippen molar-refractivity contribution in [3.63, 3.8) is 0 Å². The number of nitrogens with zero attached hydrogens (tertiary/aromatic N) is 2. The third-order valence-corrected chi connectivity index (χ3v) is 2.74. The van der Waals surface area contributed by atoms with E-state index in [0.717, 1.165) is 12.8 Å². The van der Waals surface area contributed by atoms with Crippen LogP contribution in [-0.2, 0) is 11.2 Å². The summed E-state index contributed by atoms with van der Waals surface area (Å²) in [6, 6.07) is 0. The van der Waals surface area contributed by atoms with Crippen molar-refractivity contribution in [2.45, 2.75) is 32.1 Å². The van der Waals surface area contributed by atoms with Crippen LogP contribution < -0.4 is 0 Å². The standard InChI is InChI=1S/C12H16N2O3/c1-2-17-6-5-10-13-7-9(12(15)16)11(14-10)8-3-4-8/h7-8H,2-6H2,1H3,(H,15,16). The zero-order valence-corrected chi connectivity index (χ0v) is 9.85. The first kappa shape index (κ1) is 12.0. The second kappa shape index (κ2) is 5.23. The van der Waals surface area contributed by atoms with Gasteiger partial charge in [-0.2, -0.15) is 0 Å². The number of ether oxygens (including phenoxy) is 1. The van der Waals surface area contributed by atoms with Gasteiger partial charge in [0.05, 0.1) is 17.9 Å². The van der Waals surface area contributed by atoms with Gasteiger partial charge in [-0.15, -0.1) is 0 Å². The van der Waals surface area contributed by atoms with Crippen LogP contribution in [0.5, 0.6) is 0 Å². The Labute approximate surface area is 99.9 Å². The zero-order valence-electron chi connectivity index (χ0n) is 9.85. The Morgan fingerprint density at radius 1 is 1.59 bits per heavy atom. The first-order chi connectivity index (χ1) is 8.22. The number of hydrogen-bond acceptors (Lipinski definition) is 4. The van der Waals surface area contributed by atoms with Crippen molar-refractivity contribution in [2.24, 2.45) is 0 Å². The molecule has 5 heteroatoms. The maximum atomic E-state index is 11.0. The number of hydrogen-bond donors (Lipinski definition) is 1. The molecule has 1 fully saturated rings. The van der Waals surface area contributed by atoms with E-state index in [1.54, 1.807) is 0 Å². The van der Waals surface area contributed by atoms with Crippen molar-refractivity contribution in [1.82, 2.24) is 9.97 Å². The molecule has 1 aliphatic rings. The summed E-state index contributed by atoms with van der Waals surface area (Å²) in [4.78, 5) is 19.4. The van der Waals surface area contributed by atoms with Gasteiger partial charge in [0.2, 0.25) is 0 Å². The third-order valence-electron chi connectivity index (χ3n) is 2.74. The van der Waals surface area contributed by atoms with E-state index in [4.69, 9.17) is 9.84 Å². The molecular formula is C12H16N2O3. The maximum Gasteiger partial charge on any atom is 0.339 e. The van der Waals surface area contributed by atoms with E-state index < -0.39 is 5.97 Å². The molecule has 0 aliphatic heterocycles. The number of rotatable bonds is 6. The molecule has 2 rings (SSSR count). The lowest BCUT2D eigenvalue weighted by Gasteiger charge is -2.06. The molecule has 1 N–H and O–H groups in total. The summed E-state index contributed by atoms with van der Waals surface area (Å²) in [6.07, 6.45) is 4.11. The molecule has 0 unspecified atom stereocenters. The lowest BCUT2D eigenvalue weighted by atomic mass is 10.1. The fourth-order valence-electron chi connectivity index (χ4n) is 1.69. The highest BCUT2D eigenvalue weighted by Crippen LogP contribution is 2.40. The Hall–Kier alpha value is -1.49. The number of carboxylic acids is 1. The smallest absolute Gasteiger partial charge is 0.339 e. The quantitative estimate of drug-likeness (QED) is 0.760. The minimum atomic E-state index is -0.941. The molecule has 1 aromatic rings. The molecule has 1 heterocycles. The predicted molar refractivity (Wildman–Crippen MR) is 61.2 cm³/mol. The number of aromatic nitrogens is 2. The lowest BCUT2D eigenvalue weighted by Crippen LogP contribution is -2.10. The van der Waals surface area contributed by atoms with E-state index >= 15 is 0 Å². The number of carboxylic acid groups (broad SMARTS) is 1. The summed E-state index contributed by atoms with van der Waals surface area (Å²) in [6.45, 7) is 3.18. The molecular weight excluding hydrogens is 220 g/mol. The van der Waals surface area contributed by atoms with E-state index in [1.165, 1.54) is 6.20 Å². The normalized spacial score (nSPS) is 14.9. The van der Waals surface area contributed by atoms with Gasteiger partial charge in [0.1, 0.15) is 5.82 Å². The van der Waals surface area contributed by atoms with Crippen molar-refractivity contribution in [3.8, 4) is 0 Å². The molecule has 92 valence electrons. The van der Waals surface area contributed by atoms with E-state index in [1.807, 2.05) is 6.92 Å². The average Bonchev–Trinajstić information content (AvgIpc) is 3.13. The topological polar surface area (TPSA) is 72.3 Å². The second-order valence-electron chi connectivity index (χ2n) is 4.11. The average molecular weight is 236 g/mol. The largest absolute Gasteiger partial charge is 0.478 e. The molecule has 0 amide bonds. The Morgan fingerprint density at radius 3 is 2.94 bits per heavy atom. The van der Waals surface area contributed by atoms with Gasteiger partial charge >= 0.3 is 5.97 Å². The Kier molecular flexibility index (Phi) is 3.68. The monoisotopic (exact) mass is 236 g/mol. The molecule has 0 atom stereocenters. The summed E-state index contributed by atoms with van der Waals surface area (Å²) in [5, 5.41) is 9.04. The van der Waals surface area contributed by atoms with Crippen LogP contribution in [0.25, 0.3) is 0 Å².